The fourth-order valence-corrected chi connectivity index (χ4v) is 3.25. The van der Waals surface area contributed by atoms with Crippen molar-refractivity contribution < 1.29 is 14.3 Å². The van der Waals surface area contributed by atoms with Gasteiger partial charge in [-0.1, -0.05) is 19.1 Å². The standard InChI is InChI=1S/C21H26N4O3/c1-3-8-23-20(26)16-13-17(15-22-14-16)21(27)25-11-9-24(10-12-25)18-6-4-5-7-19(18)28-2/h4-7,13-15H,3,8-12H2,1-2H3,(H,23,26). The van der Waals surface area contributed by atoms with Crippen LogP contribution >= 0.6 is 0 Å². The van der Waals surface area contributed by atoms with Gasteiger partial charge in [-0.25, -0.2) is 0 Å². The third-order valence-corrected chi connectivity index (χ3v) is 4.78. The fourth-order valence-electron chi connectivity index (χ4n) is 3.25. The molecule has 1 aromatic heterocycles. The number of rotatable bonds is 6. The molecule has 3 rings (SSSR count). The zero-order valence-electron chi connectivity index (χ0n) is 16.4. The Labute approximate surface area is 165 Å². The van der Waals surface area contributed by atoms with Gasteiger partial charge in [-0.15, -0.1) is 0 Å². The first-order valence-corrected chi connectivity index (χ1v) is 9.54. The number of pyridine rings is 1. The third kappa shape index (κ3) is 4.42. The minimum absolute atomic E-state index is 0.0997. The van der Waals surface area contributed by atoms with Crippen LogP contribution in [-0.2, 0) is 0 Å². The van der Waals surface area contributed by atoms with Crippen molar-refractivity contribution in [2.75, 3.05) is 44.7 Å². The number of carbonyl (C=O) groups excluding carboxylic acids is 2. The van der Waals surface area contributed by atoms with Gasteiger partial charge >= 0.3 is 0 Å². The molecule has 2 amide bonds. The average molecular weight is 382 g/mol. The Bertz CT molecular complexity index is 832. The van der Waals surface area contributed by atoms with Crippen LogP contribution in [0.15, 0.2) is 42.7 Å². The van der Waals surface area contributed by atoms with Crippen molar-refractivity contribution in [3.63, 3.8) is 0 Å². The Balaban J connectivity index is 1.65. The molecule has 7 nitrogen and oxygen atoms in total. The Morgan fingerprint density at radius 1 is 1.11 bits per heavy atom. The molecule has 0 spiro atoms. The smallest absolute Gasteiger partial charge is 0.255 e. The molecule has 0 bridgehead atoms. The number of methoxy groups -OCH3 is 1. The predicted octanol–water partition coefficient (Wildman–Crippen LogP) is 2.19. The van der Waals surface area contributed by atoms with Gasteiger partial charge in [0.05, 0.1) is 23.9 Å². The molecular formula is C21H26N4O3. The summed E-state index contributed by atoms with van der Waals surface area (Å²) in [7, 11) is 1.66. The zero-order chi connectivity index (χ0) is 19.9. The fraction of sp³-hybridized carbons (Fsp3) is 0.381. The molecule has 1 N–H and O–H groups in total. The van der Waals surface area contributed by atoms with Crippen molar-refractivity contribution in [2.24, 2.45) is 0 Å². The highest BCUT2D eigenvalue weighted by atomic mass is 16.5. The summed E-state index contributed by atoms with van der Waals surface area (Å²) in [6.07, 6.45) is 3.86. The molecule has 0 atom stereocenters. The number of anilines is 1. The topological polar surface area (TPSA) is 74.8 Å². The number of para-hydroxylation sites is 2. The van der Waals surface area contributed by atoms with E-state index >= 15 is 0 Å². The summed E-state index contributed by atoms with van der Waals surface area (Å²) in [6.45, 7) is 5.23. The third-order valence-electron chi connectivity index (χ3n) is 4.78. The van der Waals surface area contributed by atoms with Crippen LogP contribution in [0.3, 0.4) is 0 Å². The molecule has 1 aliphatic heterocycles. The molecule has 1 aliphatic rings. The van der Waals surface area contributed by atoms with E-state index in [0.717, 1.165) is 30.9 Å². The van der Waals surface area contributed by atoms with Crippen molar-refractivity contribution in [2.45, 2.75) is 13.3 Å². The predicted molar refractivity (Wildman–Crippen MR) is 108 cm³/mol. The Morgan fingerprint density at radius 2 is 1.82 bits per heavy atom. The molecule has 7 heteroatoms. The molecule has 0 aliphatic carbocycles. The Kier molecular flexibility index (Phi) is 6.47. The second-order valence-electron chi connectivity index (χ2n) is 6.67. The van der Waals surface area contributed by atoms with E-state index in [1.807, 2.05) is 31.2 Å². The maximum Gasteiger partial charge on any atom is 0.255 e. The Morgan fingerprint density at radius 3 is 2.54 bits per heavy atom. The van der Waals surface area contributed by atoms with Crippen LogP contribution < -0.4 is 15.0 Å². The molecule has 28 heavy (non-hydrogen) atoms. The van der Waals surface area contributed by atoms with Gasteiger partial charge < -0.3 is 19.9 Å². The number of nitrogens with one attached hydrogen (secondary N) is 1. The summed E-state index contributed by atoms with van der Waals surface area (Å²) >= 11 is 0. The number of carbonyl (C=O) groups is 2. The number of ether oxygens (including phenoxy) is 1. The highest BCUT2D eigenvalue weighted by Gasteiger charge is 2.24. The molecule has 1 fully saturated rings. The number of piperazine rings is 1. The quantitative estimate of drug-likeness (QED) is 0.829. The summed E-state index contributed by atoms with van der Waals surface area (Å²) in [5, 5.41) is 2.81. The molecular weight excluding hydrogens is 356 g/mol. The SMILES string of the molecule is CCCNC(=O)c1cncc(C(=O)N2CCN(c3ccccc3OC)CC2)c1. The van der Waals surface area contributed by atoms with Crippen LogP contribution in [-0.4, -0.2) is 61.5 Å². The van der Waals surface area contributed by atoms with Crippen LogP contribution in [0.2, 0.25) is 0 Å². The van der Waals surface area contributed by atoms with E-state index in [1.54, 1.807) is 18.1 Å². The van der Waals surface area contributed by atoms with Crippen LogP contribution in [0.4, 0.5) is 5.69 Å². The molecule has 0 saturated carbocycles. The highest BCUT2D eigenvalue weighted by molar-refractivity contribution is 5.99. The maximum atomic E-state index is 12.9. The van der Waals surface area contributed by atoms with Gasteiger partial charge in [-0.2, -0.15) is 0 Å². The van der Waals surface area contributed by atoms with Crippen molar-refractivity contribution >= 4 is 17.5 Å². The number of hydrogen-bond acceptors (Lipinski definition) is 5. The average Bonchev–Trinajstić information content (AvgIpc) is 2.77. The first-order valence-electron chi connectivity index (χ1n) is 9.54. The van der Waals surface area contributed by atoms with Gasteiger partial charge in [0, 0.05) is 45.1 Å². The van der Waals surface area contributed by atoms with Gasteiger partial charge in [0.1, 0.15) is 5.75 Å². The van der Waals surface area contributed by atoms with E-state index in [0.29, 0.717) is 30.8 Å². The summed E-state index contributed by atoms with van der Waals surface area (Å²) in [4.78, 5) is 33.1. The summed E-state index contributed by atoms with van der Waals surface area (Å²) in [5.41, 5.74) is 1.88. The molecule has 148 valence electrons. The van der Waals surface area contributed by atoms with Crippen LogP contribution in [0, 0.1) is 0 Å². The lowest BCUT2D eigenvalue weighted by molar-refractivity contribution is 0.0746. The minimum Gasteiger partial charge on any atom is -0.495 e. The zero-order valence-corrected chi connectivity index (χ0v) is 16.4. The number of nitrogens with zero attached hydrogens (tertiary/aromatic N) is 3. The number of aromatic nitrogens is 1. The lowest BCUT2D eigenvalue weighted by Gasteiger charge is -2.36. The molecule has 0 radical (unpaired) electrons. The number of benzene rings is 1. The highest BCUT2D eigenvalue weighted by Crippen LogP contribution is 2.28. The van der Waals surface area contributed by atoms with Crippen LogP contribution in [0.1, 0.15) is 34.1 Å². The summed E-state index contributed by atoms with van der Waals surface area (Å²) in [5.74, 6) is 0.527. The lowest BCUT2D eigenvalue weighted by atomic mass is 10.1. The number of amides is 2. The van der Waals surface area contributed by atoms with Gasteiger partial charge in [0.15, 0.2) is 0 Å². The molecule has 2 aromatic rings. The van der Waals surface area contributed by atoms with Crippen molar-refractivity contribution in [3.05, 3.63) is 53.9 Å². The molecule has 0 unspecified atom stereocenters. The maximum absolute atomic E-state index is 12.9. The minimum atomic E-state index is -0.204. The van der Waals surface area contributed by atoms with Crippen molar-refractivity contribution in [1.29, 1.82) is 0 Å². The second-order valence-corrected chi connectivity index (χ2v) is 6.67. The first-order chi connectivity index (χ1) is 13.6. The van der Waals surface area contributed by atoms with Crippen LogP contribution in [0.5, 0.6) is 5.75 Å². The number of hydrogen-bond donors (Lipinski definition) is 1. The second kappa shape index (κ2) is 9.21. The monoisotopic (exact) mass is 382 g/mol. The van der Waals surface area contributed by atoms with Crippen molar-refractivity contribution in [3.8, 4) is 5.75 Å². The van der Waals surface area contributed by atoms with Crippen LogP contribution in [0.25, 0.3) is 0 Å². The lowest BCUT2D eigenvalue weighted by Crippen LogP contribution is -2.49. The first kappa shape index (κ1) is 19.7. The molecule has 2 heterocycles. The van der Waals surface area contributed by atoms with E-state index in [9.17, 15) is 9.59 Å². The van der Waals surface area contributed by atoms with E-state index < -0.39 is 0 Å². The largest absolute Gasteiger partial charge is 0.495 e. The van der Waals surface area contributed by atoms with Gasteiger partial charge in [-0.3, -0.25) is 14.6 Å². The van der Waals surface area contributed by atoms with E-state index in [-0.39, 0.29) is 11.8 Å². The normalized spacial score (nSPS) is 13.9. The summed E-state index contributed by atoms with van der Waals surface area (Å²) in [6, 6.07) is 9.51. The van der Waals surface area contributed by atoms with E-state index in [4.69, 9.17) is 4.74 Å². The van der Waals surface area contributed by atoms with Crippen molar-refractivity contribution in [1.82, 2.24) is 15.2 Å². The van der Waals surface area contributed by atoms with Gasteiger partial charge in [-0.05, 0) is 24.6 Å². The van der Waals surface area contributed by atoms with E-state index in [2.05, 4.69) is 15.2 Å². The molecule has 1 aromatic carbocycles. The summed E-state index contributed by atoms with van der Waals surface area (Å²) < 4.78 is 5.44. The van der Waals surface area contributed by atoms with Gasteiger partial charge in [0.25, 0.3) is 11.8 Å². The van der Waals surface area contributed by atoms with Gasteiger partial charge in [0.2, 0.25) is 0 Å². The molecule has 1 saturated heterocycles. The van der Waals surface area contributed by atoms with E-state index in [1.165, 1.54) is 12.4 Å². The Hall–Kier alpha value is -3.09.